The molecule has 23 heavy (non-hydrogen) atoms. The summed E-state index contributed by atoms with van der Waals surface area (Å²) in [5, 5.41) is 0. The number of rotatable bonds is 3. The van der Waals surface area contributed by atoms with Gasteiger partial charge in [-0.25, -0.2) is 4.57 Å². The molecule has 1 aromatic heterocycles. The molecule has 0 aliphatic carbocycles. The zero-order valence-electron chi connectivity index (χ0n) is 16.2. The van der Waals surface area contributed by atoms with Gasteiger partial charge in [-0.15, -0.1) is 0 Å². The van der Waals surface area contributed by atoms with Crippen molar-refractivity contribution in [2.45, 2.75) is 27.1 Å². The lowest BCUT2D eigenvalue weighted by Crippen LogP contribution is -2.30. The standard InChI is InChI=1S/C22H24N/c1-5-18-14-19(11-10-16(18)2)20-12-13-23(4)22(15-20)21-9-7-6-8-17(21)3/h6-15H,5H2,1-4H3/q+1/i5D2. The Morgan fingerprint density at radius 2 is 1.65 bits per heavy atom. The molecule has 0 fully saturated rings. The van der Waals surface area contributed by atoms with E-state index in [1.807, 2.05) is 19.1 Å². The minimum Gasteiger partial charge on any atom is -0.201 e. The highest BCUT2D eigenvalue weighted by Gasteiger charge is 2.14. The topological polar surface area (TPSA) is 3.88 Å². The molecule has 116 valence electrons. The van der Waals surface area contributed by atoms with Crippen molar-refractivity contribution in [3.8, 4) is 22.4 Å². The van der Waals surface area contributed by atoms with Crippen molar-refractivity contribution in [3.05, 3.63) is 77.5 Å². The minimum absolute atomic E-state index is 0.746. The first kappa shape index (κ1) is 13.1. The molecule has 0 unspecified atom stereocenters. The van der Waals surface area contributed by atoms with Gasteiger partial charge in [0.2, 0.25) is 5.69 Å². The third kappa shape index (κ3) is 3.05. The zero-order valence-corrected chi connectivity index (χ0v) is 14.2. The van der Waals surface area contributed by atoms with E-state index >= 15 is 0 Å². The maximum Gasteiger partial charge on any atom is 0.213 e. The van der Waals surface area contributed by atoms with Crippen molar-refractivity contribution in [1.82, 2.24) is 0 Å². The van der Waals surface area contributed by atoms with E-state index < -0.39 is 6.37 Å². The maximum atomic E-state index is 8.07. The van der Waals surface area contributed by atoms with Crippen molar-refractivity contribution < 1.29 is 7.31 Å². The van der Waals surface area contributed by atoms with Crippen LogP contribution in [0.3, 0.4) is 0 Å². The molecule has 0 amide bonds. The van der Waals surface area contributed by atoms with Crippen molar-refractivity contribution in [2.75, 3.05) is 0 Å². The van der Waals surface area contributed by atoms with Crippen LogP contribution in [-0.2, 0) is 13.4 Å². The van der Waals surface area contributed by atoms with Gasteiger partial charge in [0.05, 0.1) is 0 Å². The molecule has 0 bridgehead atoms. The monoisotopic (exact) mass is 304 g/mol. The molecule has 0 aliphatic rings. The number of nitrogens with zero attached hydrogens (tertiary/aromatic N) is 1. The SMILES string of the molecule is [2H]C([2H])(C)c1cc(-c2cc[n+](C)c(-c3ccccc3C)c2)ccc1C. The van der Waals surface area contributed by atoms with E-state index in [2.05, 4.69) is 67.2 Å². The van der Waals surface area contributed by atoms with Gasteiger partial charge in [-0.1, -0.05) is 43.3 Å². The van der Waals surface area contributed by atoms with Gasteiger partial charge in [0.25, 0.3) is 0 Å². The molecule has 0 spiro atoms. The average molecular weight is 304 g/mol. The van der Waals surface area contributed by atoms with Crippen LogP contribution >= 0.6 is 0 Å². The lowest BCUT2D eigenvalue weighted by molar-refractivity contribution is -0.660. The summed E-state index contributed by atoms with van der Waals surface area (Å²) < 4.78 is 18.3. The summed E-state index contributed by atoms with van der Waals surface area (Å²) >= 11 is 0. The third-order valence-corrected chi connectivity index (χ3v) is 4.41. The number of aryl methyl sites for hydroxylation is 4. The van der Waals surface area contributed by atoms with E-state index in [4.69, 9.17) is 2.74 Å². The molecule has 1 nitrogen and oxygen atoms in total. The fourth-order valence-electron chi connectivity index (χ4n) is 2.95. The van der Waals surface area contributed by atoms with Gasteiger partial charge < -0.3 is 0 Å². The number of hydrogen-bond donors (Lipinski definition) is 0. The Labute approximate surface area is 142 Å². The van der Waals surface area contributed by atoms with E-state index in [1.165, 1.54) is 11.1 Å². The summed E-state index contributed by atoms with van der Waals surface area (Å²) in [5.41, 5.74) is 7.48. The van der Waals surface area contributed by atoms with Crippen LogP contribution in [0.1, 0.15) is 26.4 Å². The molecule has 3 aromatic rings. The lowest BCUT2D eigenvalue weighted by Gasteiger charge is -2.09. The first-order chi connectivity index (χ1) is 11.8. The summed E-state index contributed by atoms with van der Waals surface area (Å²) in [6, 6.07) is 18.7. The summed E-state index contributed by atoms with van der Waals surface area (Å²) in [4.78, 5) is 0. The molecular weight excluding hydrogens is 278 g/mol. The van der Waals surface area contributed by atoms with Crippen LogP contribution in [-0.4, -0.2) is 0 Å². The fraction of sp³-hybridized carbons (Fsp3) is 0.227. The van der Waals surface area contributed by atoms with Gasteiger partial charge in [0.1, 0.15) is 7.05 Å². The summed E-state index contributed by atoms with van der Waals surface area (Å²) in [7, 11) is 2.05. The molecule has 0 saturated carbocycles. The molecule has 1 heterocycles. The Kier molecular flexibility index (Phi) is 3.62. The number of aromatic nitrogens is 1. The van der Waals surface area contributed by atoms with Crippen LogP contribution in [0.5, 0.6) is 0 Å². The van der Waals surface area contributed by atoms with Crippen LogP contribution < -0.4 is 4.57 Å². The largest absolute Gasteiger partial charge is 0.213 e. The molecule has 0 radical (unpaired) electrons. The highest BCUT2D eigenvalue weighted by Crippen LogP contribution is 2.27. The van der Waals surface area contributed by atoms with E-state index in [-0.39, 0.29) is 0 Å². The second-order valence-corrected chi connectivity index (χ2v) is 6.01. The molecule has 0 saturated heterocycles. The maximum absolute atomic E-state index is 8.07. The molecular formula is C22H24N+. The van der Waals surface area contributed by atoms with Crippen molar-refractivity contribution >= 4 is 0 Å². The van der Waals surface area contributed by atoms with E-state index in [1.54, 1.807) is 6.92 Å². The van der Waals surface area contributed by atoms with Gasteiger partial charge in [-0.2, -0.15) is 0 Å². The third-order valence-electron chi connectivity index (χ3n) is 4.41. The fourth-order valence-corrected chi connectivity index (χ4v) is 2.95. The Morgan fingerprint density at radius 1 is 0.913 bits per heavy atom. The summed E-state index contributed by atoms with van der Waals surface area (Å²) in [5.74, 6) is 0. The second-order valence-electron chi connectivity index (χ2n) is 6.01. The highest BCUT2D eigenvalue weighted by atomic mass is 14.9. The summed E-state index contributed by atoms with van der Waals surface area (Å²) in [6.45, 7) is 5.70. The predicted octanol–water partition coefficient (Wildman–Crippen LogP) is 5.02. The van der Waals surface area contributed by atoms with Crippen LogP contribution in [0, 0.1) is 13.8 Å². The Balaban J connectivity index is 2.14. The van der Waals surface area contributed by atoms with Crippen LogP contribution in [0.2, 0.25) is 0 Å². The quantitative estimate of drug-likeness (QED) is 0.598. The van der Waals surface area contributed by atoms with E-state index in [0.29, 0.717) is 0 Å². The molecule has 2 aromatic carbocycles. The molecule has 0 atom stereocenters. The number of pyridine rings is 1. The Bertz CT molecular complexity index is 924. The molecule has 0 N–H and O–H groups in total. The first-order valence-corrected chi connectivity index (χ1v) is 7.94. The smallest absolute Gasteiger partial charge is 0.201 e. The van der Waals surface area contributed by atoms with E-state index in [0.717, 1.165) is 27.9 Å². The van der Waals surface area contributed by atoms with Crippen LogP contribution in [0.4, 0.5) is 0 Å². The van der Waals surface area contributed by atoms with Gasteiger partial charge in [-0.3, -0.25) is 0 Å². The normalized spacial score (nSPS) is 12.7. The first-order valence-electron chi connectivity index (χ1n) is 8.94. The Morgan fingerprint density at radius 3 is 2.39 bits per heavy atom. The van der Waals surface area contributed by atoms with Crippen molar-refractivity contribution in [1.29, 1.82) is 0 Å². The highest BCUT2D eigenvalue weighted by molar-refractivity contribution is 5.70. The average Bonchev–Trinajstić information content (AvgIpc) is 2.55. The molecule has 0 aliphatic heterocycles. The van der Waals surface area contributed by atoms with Crippen LogP contribution in [0.25, 0.3) is 22.4 Å². The second kappa shape index (κ2) is 6.37. The Hall–Kier alpha value is -2.41. The van der Waals surface area contributed by atoms with Gasteiger partial charge >= 0.3 is 0 Å². The predicted molar refractivity (Wildman–Crippen MR) is 97.3 cm³/mol. The summed E-state index contributed by atoms with van der Waals surface area (Å²) in [6.07, 6.45) is 0.718. The number of benzene rings is 2. The minimum atomic E-state index is -1.35. The number of hydrogen-bond acceptors (Lipinski definition) is 0. The molecule has 1 heteroatoms. The van der Waals surface area contributed by atoms with Crippen molar-refractivity contribution in [3.63, 3.8) is 0 Å². The van der Waals surface area contributed by atoms with Gasteiger partial charge in [-0.05, 0) is 54.1 Å². The molecule has 3 rings (SSSR count). The van der Waals surface area contributed by atoms with E-state index in [9.17, 15) is 0 Å². The zero-order chi connectivity index (χ0) is 18.2. The van der Waals surface area contributed by atoms with Crippen molar-refractivity contribution in [2.24, 2.45) is 7.05 Å². The van der Waals surface area contributed by atoms with Gasteiger partial charge in [0.15, 0.2) is 6.20 Å². The van der Waals surface area contributed by atoms with Crippen LogP contribution in [0.15, 0.2) is 60.8 Å². The lowest BCUT2D eigenvalue weighted by atomic mass is 9.97. The van der Waals surface area contributed by atoms with Gasteiger partial charge in [0, 0.05) is 20.4 Å².